The smallest absolute Gasteiger partial charge is 0.249 e. The molecular formula is C20H23N5O4. The van der Waals surface area contributed by atoms with Gasteiger partial charge in [0, 0.05) is 12.6 Å². The number of anilines is 3. The highest BCUT2D eigenvalue weighted by molar-refractivity contribution is 5.65. The Labute approximate surface area is 169 Å². The van der Waals surface area contributed by atoms with E-state index in [0.29, 0.717) is 47.0 Å². The highest BCUT2D eigenvalue weighted by Crippen LogP contribution is 2.31. The van der Waals surface area contributed by atoms with E-state index in [4.69, 9.17) is 18.9 Å². The van der Waals surface area contributed by atoms with Gasteiger partial charge in [-0.2, -0.15) is 10.1 Å². The maximum atomic E-state index is 5.36. The zero-order valence-corrected chi connectivity index (χ0v) is 16.7. The Kier molecular flexibility index (Phi) is 6.51. The fraction of sp³-hybridized carbons (Fsp3) is 0.250. The highest BCUT2D eigenvalue weighted by atomic mass is 16.5. The lowest BCUT2D eigenvalue weighted by molar-refractivity contribution is 0.354. The zero-order chi connectivity index (χ0) is 20.6. The van der Waals surface area contributed by atoms with Crippen LogP contribution in [0.1, 0.15) is 5.56 Å². The van der Waals surface area contributed by atoms with Crippen molar-refractivity contribution in [3.8, 4) is 23.0 Å². The van der Waals surface area contributed by atoms with Gasteiger partial charge in [0.05, 0.1) is 40.3 Å². The van der Waals surface area contributed by atoms with E-state index in [1.807, 2.05) is 24.3 Å². The second-order valence-electron chi connectivity index (χ2n) is 5.90. The average Bonchev–Trinajstić information content (AvgIpc) is 2.77. The molecule has 0 aliphatic heterocycles. The van der Waals surface area contributed by atoms with E-state index in [1.165, 1.54) is 0 Å². The van der Waals surface area contributed by atoms with Crippen LogP contribution in [-0.4, -0.2) is 43.6 Å². The molecule has 3 rings (SSSR count). The summed E-state index contributed by atoms with van der Waals surface area (Å²) in [7, 11) is 6.40. The molecule has 0 atom stereocenters. The first-order chi connectivity index (χ1) is 14.2. The van der Waals surface area contributed by atoms with Crippen LogP contribution in [-0.2, 0) is 6.54 Å². The van der Waals surface area contributed by atoms with Crippen LogP contribution >= 0.6 is 0 Å². The summed E-state index contributed by atoms with van der Waals surface area (Å²) in [5.74, 6) is 3.56. The van der Waals surface area contributed by atoms with Crippen LogP contribution < -0.4 is 29.6 Å². The van der Waals surface area contributed by atoms with E-state index in [1.54, 1.807) is 46.8 Å². The number of nitrogens with zero attached hydrogens (tertiary/aromatic N) is 3. The summed E-state index contributed by atoms with van der Waals surface area (Å²) in [6.07, 6.45) is 1.55. The summed E-state index contributed by atoms with van der Waals surface area (Å²) in [5, 5.41) is 14.3. The summed E-state index contributed by atoms with van der Waals surface area (Å²) in [6, 6.07) is 11.1. The van der Waals surface area contributed by atoms with Crippen molar-refractivity contribution in [2.75, 3.05) is 39.1 Å². The third kappa shape index (κ3) is 4.95. The zero-order valence-electron chi connectivity index (χ0n) is 16.7. The SMILES string of the molecule is COc1ccc(OC)c(Nc2nncc(NCc3ccc(OC)c(OC)c3)n2)c1. The molecule has 3 aromatic rings. The first-order valence-corrected chi connectivity index (χ1v) is 8.80. The van der Waals surface area contributed by atoms with Crippen molar-refractivity contribution in [2.24, 2.45) is 0 Å². The van der Waals surface area contributed by atoms with Crippen LogP contribution in [0.15, 0.2) is 42.6 Å². The molecule has 0 aliphatic carbocycles. The van der Waals surface area contributed by atoms with Gasteiger partial charge in [-0.3, -0.25) is 0 Å². The van der Waals surface area contributed by atoms with Crippen LogP contribution in [0, 0.1) is 0 Å². The fourth-order valence-electron chi connectivity index (χ4n) is 2.66. The van der Waals surface area contributed by atoms with Crippen LogP contribution in [0.5, 0.6) is 23.0 Å². The standard InChI is InChI=1S/C20H23N5O4/c1-26-14-6-8-16(27-2)15(10-14)23-20-24-19(12-22-25-20)21-11-13-5-7-17(28-3)18(9-13)29-4/h5-10,12H,11H2,1-4H3,(H2,21,23,24,25). The highest BCUT2D eigenvalue weighted by Gasteiger charge is 2.09. The number of methoxy groups -OCH3 is 4. The Balaban J connectivity index is 1.72. The number of nitrogens with one attached hydrogen (secondary N) is 2. The van der Waals surface area contributed by atoms with Gasteiger partial charge >= 0.3 is 0 Å². The predicted octanol–water partition coefficient (Wildman–Crippen LogP) is 3.26. The minimum atomic E-state index is 0.328. The molecule has 1 aromatic heterocycles. The molecule has 0 spiro atoms. The lowest BCUT2D eigenvalue weighted by Crippen LogP contribution is -2.06. The summed E-state index contributed by atoms with van der Waals surface area (Å²) in [4.78, 5) is 4.44. The first-order valence-electron chi connectivity index (χ1n) is 8.80. The molecule has 0 amide bonds. The maximum Gasteiger partial charge on any atom is 0.249 e. The molecule has 9 heteroatoms. The normalized spacial score (nSPS) is 10.2. The Morgan fingerprint density at radius 3 is 2.31 bits per heavy atom. The van der Waals surface area contributed by atoms with Crippen molar-refractivity contribution < 1.29 is 18.9 Å². The molecule has 0 radical (unpaired) electrons. The minimum absolute atomic E-state index is 0.328. The lowest BCUT2D eigenvalue weighted by atomic mass is 10.2. The third-order valence-electron chi connectivity index (χ3n) is 4.13. The van der Waals surface area contributed by atoms with Gasteiger partial charge in [-0.1, -0.05) is 6.07 Å². The number of rotatable bonds is 9. The lowest BCUT2D eigenvalue weighted by Gasteiger charge is -2.12. The van der Waals surface area contributed by atoms with Crippen molar-refractivity contribution in [3.05, 3.63) is 48.2 Å². The van der Waals surface area contributed by atoms with Crippen molar-refractivity contribution in [1.82, 2.24) is 15.2 Å². The Hall–Kier alpha value is -3.75. The molecule has 0 aliphatic rings. The molecule has 0 fully saturated rings. The van der Waals surface area contributed by atoms with Gasteiger partial charge in [0.2, 0.25) is 5.95 Å². The van der Waals surface area contributed by atoms with Gasteiger partial charge in [0.1, 0.15) is 11.5 Å². The quantitative estimate of drug-likeness (QED) is 0.563. The molecule has 0 bridgehead atoms. The van der Waals surface area contributed by atoms with E-state index in [0.717, 1.165) is 5.56 Å². The second-order valence-corrected chi connectivity index (χ2v) is 5.90. The Morgan fingerprint density at radius 1 is 0.828 bits per heavy atom. The van der Waals surface area contributed by atoms with Crippen LogP contribution in [0.3, 0.4) is 0 Å². The molecule has 2 N–H and O–H groups in total. The van der Waals surface area contributed by atoms with Gasteiger partial charge < -0.3 is 29.6 Å². The number of hydrogen-bond acceptors (Lipinski definition) is 9. The number of hydrogen-bond donors (Lipinski definition) is 2. The predicted molar refractivity (Wildman–Crippen MR) is 110 cm³/mol. The van der Waals surface area contributed by atoms with Gasteiger partial charge in [-0.05, 0) is 29.8 Å². The molecule has 2 aromatic carbocycles. The van der Waals surface area contributed by atoms with Crippen molar-refractivity contribution >= 4 is 17.5 Å². The summed E-state index contributed by atoms with van der Waals surface area (Å²) in [6.45, 7) is 0.529. The summed E-state index contributed by atoms with van der Waals surface area (Å²) in [5.41, 5.74) is 1.68. The fourth-order valence-corrected chi connectivity index (χ4v) is 2.66. The Morgan fingerprint density at radius 2 is 1.59 bits per heavy atom. The Bertz CT molecular complexity index is 967. The van der Waals surface area contributed by atoms with Crippen LogP contribution in [0.2, 0.25) is 0 Å². The van der Waals surface area contributed by atoms with Gasteiger partial charge in [-0.15, -0.1) is 5.10 Å². The van der Waals surface area contributed by atoms with E-state index < -0.39 is 0 Å². The van der Waals surface area contributed by atoms with Crippen molar-refractivity contribution in [3.63, 3.8) is 0 Å². The molecule has 0 unspecified atom stereocenters. The van der Waals surface area contributed by atoms with Gasteiger partial charge in [-0.25, -0.2) is 0 Å². The minimum Gasteiger partial charge on any atom is -0.497 e. The molecule has 29 heavy (non-hydrogen) atoms. The largest absolute Gasteiger partial charge is 0.497 e. The van der Waals surface area contributed by atoms with Crippen molar-refractivity contribution in [1.29, 1.82) is 0 Å². The van der Waals surface area contributed by atoms with E-state index in [2.05, 4.69) is 25.8 Å². The van der Waals surface area contributed by atoms with E-state index in [9.17, 15) is 0 Å². The monoisotopic (exact) mass is 397 g/mol. The number of ether oxygens (including phenoxy) is 4. The van der Waals surface area contributed by atoms with Crippen LogP contribution in [0.4, 0.5) is 17.5 Å². The molecule has 1 heterocycles. The molecule has 152 valence electrons. The topological polar surface area (TPSA) is 99.7 Å². The summed E-state index contributed by atoms with van der Waals surface area (Å²) < 4.78 is 21.2. The second kappa shape index (κ2) is 9.45. The first kappa shape index (κ1) is 20.0. The van der Waals surface area contributed by atoms with Gasteiger partial charge in [0.25, 0.3) is 0 Å². The van der Waals surface area contributed by atoms with Gasteiger partial charge in [0.15, 0.2) is 17.3 Å². The molecular weight excluding hydrogens is 374 g/mol. The summed E-state index contributed by atoms with van der Waals surface area (Å²) >= 11 is 0. The molecule has 0 saturated heterocycles. The van der Waals surface area contributed by atoms with E-state index >= 15 is 0 Å². The number of benzene rings is 2. The molecule has 0 saturated carbocycles. The average molecular weight is 397 g/mol. The van der Waals surface area contributed by atoms with Crippen molar-refractivity contribution in [2.45, 2.75) is 6.54 Å². The van der Waals surface area contributed by atoms with Crippen LogP contribution in [0.25, 0.3) is 0 Å². The maximum absolute atomic E-state index is 5.36. The van der Waals surface area contributed by atoms with E-state index in [-0.39, 0.29) is 0 Å². The molecule has 9 nitrogen and oxygen atoms in total. The number of aromatic nitrogens is 3. The third-order valence-corrected chi connectivity index (χ3v) is 4.13.